The Balaban J connectivity index is 1.53. The van der Waals surface area contributed by atoms with Gasteiger partial charge in [-0.05, 0) is 88.8 Å². The summed E-state index contributed by atoms with van der Waals surface area (Å²) in [4.78, 5) is 117. The van der Waals surface area contributed by atoms with Crippen LogP contribution in [0.4, 0.5) is 9.59 Å². The quantitative estimate of drug-likeness (QED) is 0.121. The van der Waals surface area contributed by atoms with Crippen LogP contribution in [0.25, 0.3) is 0 Å². The van der Waals surface area contributed by atoms with Crippen molar-refractivity contribution in [1.29, 1.82) is 0 Å². The first kappa shape index (κ1) is 58.0. The van der Waals surface area contributed by atoms with Crippen LogP contribution in [-0.2, 0) is 66.6 Å². The third kappa shape index (κ3) is 9.97. The van der Waals surface area contributed by atoms with Crippen molar-refractivity contribution in [3.05, 3.63) is 70.8 Å². The summed E-state index contributed by atoms with van der Waals surface area (Å²) in [5.74, 6) is -8.36. The number of Topliss-reactive ketones (excluding diaryl/α,β-unsaturated/α-hetero) is 1. The van der Waals surface area contributed by atoms with Crippen LogP contribution >= 0.6 is 0 Å². The number of nitrogens with zero attached hydrogens (tertiary/aromatic N) is 1. The molecule has 2 aromatic carbocycles. The first-order chi connectivity index (χ1) is 35.9. The number of fused-ring (bicyclic) bond motifs is 2. The van der Waals surface area contributed by atoms with Crippen LogP contribution in [0.2, 0.25) is 0 Å². The number of benzene rings is 2. The molecule has 2 bridgehead atoms. The van der Waals surface area contributed by atoms with Gasteiger partial charge in [-0.2, -0.15) is 0 Å². The zero-order chi connectivity index (χ0) is 57.1. The Bertz CT molecular complexity index is 2710. The van der Waals surface area contributed by atoms with E-state index in [0.717, 1.165) is 20.8 Å². The zero-order valence-electron chi connectivity index (χ0n) is 46.2. The van der Waals surface area contributed by atoms with E-state index in [1.807, 2.05) is 13.8 Å². The molecule has 7 rings (SSSR count). The van der Waals surface area contributed by atoms with Crippen LogP contribution < -0.4 is 9.47 Å². The van der Waals surface area contributed by atoms with E-state index in [9.17, 15) is 33.9 Å². The number of ketones is 1. The van der Waals surface area contributed by atoms with Gasteiger partial charge in [-0.15, -0.1) is 0 Å². The fourth-order valence-corrected chi connectivity index (χ4v) is 12.7. The lowest BCUT2D eigenvalue weighted by Crippen LogP contribution is -2.80. The van der Waals surface area contributed by atoms with Crippen molar-refractivity contribution < 1.29 is 95.6 Å². The van der Waals surface area contributed by atoms with Gasteiger partial charge in [-0.3, -0.25) is 24.1 Å². The number of hydrogen-bond acceptors (Lipinski definition) is 20. The number of methoxy groups -OCH3 is 2. The summed E-state index contributed by atoms with van der Waals surface area (Å²) < 4.78 is 68.1. The minimum atomic E-state index is -2.51. The molecule has 5 aliphatic rings. The standard InChI is InChI=1S/C56H71NO20/c1-27(2)23-36-41(71-47(57(36)50(65)76-52(8,9)10)35-22-21-34(67-14)25-37(35)68-15)49(64)72-40-29(4)39-42(70-31(6)60)44(62)54(13)38(69-30(5)59)24-28(3)55(26-58,75-32(7)61)43(54)46(73-48(63)33-19-17-16-18-20-33)56(53(39,11)12)45(40)74-51(66)77-56/h16-22,25,27-28,36,38,40-43,45-47,58H,23-24,26H2,1-15H3/t28-,36+,38+,40-,41-,42-,43+,45+,46+,47?,54-,55+,56-/m1/s1. The van der Waals surface area contributed by atoms with E-state index in [-0.39, 0.29) is 41.2 Å². The number of ether oxygens (including phenoxy) is 11. The van der Waals surface area contributed by atoms with Crippen molar-refractivity contribution in [3.8, 4) is 11.5 Å². The van der Waals surface area contributed by atoms with Crippen LogP contribution in [0.1, 0.15) is 125 Å². The average Bonchev–Trinajstić information content (AvgIpc) is 3.90. The summed E-state index contributed by atoms with van der Waals surface area (Å²) in [6, 6.07) is 11.3. The van der Waals surface area contributed by atoms with E-state index in [0.29, 0.717) is 11.3 Å². The smallest absolute Gasteiger partial charge is 0.497 e. The molecule has 2 aromatic rings. The lowest BCUT2D eigenvalue weighted by molar-refractivity contribution is -0.281. The van der Waals surface area contributed by atoms with Crippen molar-refractivity contribution in [2.75, 3.05) is 20.8 Å². The Kier molecular flexibility index (Phi) is 16.0. The molecule has 4 fully saturated rings. The molecule has 0 radical (unpaired) electrons. The minimum Gasteiger partial charge on any atom is -0.497 e. The summed E-state index contributed by atoms with van der Waals surface area (Å²) in [6.07, 6.45) is -14.5. The molecule has 2 saturated carbocycles. The van der Waals surface area contributed by atoms with Crippen molar-refractivity contribution in [1.82, 2.24) is 4.90 Å². The van der Waals surface area contributed by atoms with Crippen LogP contribution in [0.5, 0.6) is 11.5 Å². The molecule has 21 heteroatoms. The van der Waals surface area contributed by atoms with E-state index >= 15 is 9.59 Å². The van der Waals surface area contributed by atoms with Crippen LogP contribution in [0.3, 0.4) is 0 Å². The second kappa shape index (κ2) is 21.2. The maximum absolute atomic E-state index is 16.3. The second-order valence-electron chi connectivity index (χ2n) is 22.6. The van der Waals surface area contributed by atoms with Gasteiger partial charge in [0.1, 0.15) is 28.8 Å². The lowest BCUT2D eigenvalue weighted by Gasteiger charge is -2.65. The monoisotopic (exact) mass is 1080 g/mol. The minimum absolute atomic E-state index is 0.0226. The summed E-state index contributed by atoms with van der Waals surface area (Å²) in [7, 11) is 2.88. The third-order valence-corrected chi connectivity index (χ3v) is 15.8. The van der Waals surface area contributed by atoms with E-state index in [4.69, 9.17) is 52.1 Å². The van der Waals surface area contributed by atoms with Gasteiger partial charge in [0.2, 0.25) is 5.60 Å². The van der Waals surface area contributed by atoms with Crippen molar-refractivity contribution in [2.24, 2.45) is 28.6 Å². The largest absolute Gasteiger partial charge is 0.509 e. The van der Waals surface area contributed by atoms with Gasteiger partial charge in [-0.25, -0.2) is 19.2 Å². The molecule has 1 spiro atoms. The predicted octanol–water partition coefficient (Wildman–Crippen LogP) is 6.92. The van der Waals surface area contributed by atoms with Crippen molar-refractivity contribution in [3.63, 3.8) is 0 Å². The van der Waals surface area contributed by atoms with E-state index in [1.54, 1.807) is 64.1 Å². The number of carbonyl (C=O) groups is 8. The third-order valence-electron chi connectivity index (χ3n) is 15.8. The van der Waals surface area contributed by atoms with Crippen LogP contribution in [0, 0.1) is 28.6 Å². The molecule has 77 heavy (non-hydrogen) atoms. The van der Waals surface area contributed by atoms with Gasteiger partial charge >= 0.3 is 42.1 Å². The Morgan fingerprint density at radius 3 is 2.08 bits per heavy atom. The second-order valence-corrected chi connectivity index (χ2v) is 22.6. The molecule has 21 nitrogen and oxygen atoms in total. The molecule has 3 aliphatic carbocycles. The Morgan fingerprint density at radius 2 is 1.52 bits per heavy atom. The number of carbonyl (C=O) groups excluding carboxylic acids is 8. The van der Waals surface area contributed by atoms with Gasteiger partial charge in [0.05, 0.1) is 43.8 Å². The van der Waals surface area contributed by atoms with Crippen LogP contribution in [-0.4, -0.2) is 138 Å². The highest BCUT2D eigenvalue weighted by atomic mass is 16.8. The lowest BCUT2D eigenvalue weighted by atomic mass is 9.44. The number of rotatable bonds is 13. The Labute approximate surface area is 447 Å². The number of hydrogen-bond donors (Lipinski definition) is 1. The SMILES string of the molecule is COc1ccc(C2O[C@@H](C(=O)O[C@@H]3C(C)=C4[C@@H](OC(C)=O)C(=O)[C@]5(C)[C@@H](OC(C)=O)C[C@@H](C)[C@](CO)(OC(C)=O)[C@H]5[C@H](OC(=O)c5ccccc5)[C@@]5(OC(=O)O[C@@H]35)C4(C)C)[C@H](CC(C)C)N2C(=O)OC(C)(C)C)c(OC)c1. The molecule has 2 heterocycles. The van der Waals surface area contributed by atoms with E-state index in [1.165, 1.54) is 58.9 Å². The van der Waals surface area contributed by atoms with Gasteiger partial charge in [0, 0.05) is 43.7 Å². The van der Waals surface area contributed by atoms with Gasteiger partial charge < -0.3 is 57.2 Å². The fraction of sp³-hybridized carbons (Fsp3) is 0.607. The highest BCUT2D eigenvalue weighted by molar-refractivity contribution is 5.96. The topological polar surface area (TPSA) is 262 Å². The van der Waals surface area contributed by atoms with Crippen molar-refractivity contribution in [2.45, 2.75) is 169 Å². The highest BCUT2D eigenvalue weighted by Crippen LogP contribution is 2.66. The number of amides is 1. The normalized spacial score (nSPS) is 32.2. The van der Waals surface area contributed by atoms with E-state index < -0.39 is 143 Å². The molecular formula is C56H71NO20. The number of esters is 5. The molecule has 2 saturated heterocycles. The molecule has 2 aliphatic heterocycles. The number of aliphatic hydroxyl groups excluding tert-OH is 1. The summed E-state index contributed by atoms with van der Waals surface area (Å²) >= 11 is 0. The molecule has 420 valence electrons. The Hall–Kier alpha value is -6.74. The molecule has 13 atom stereocenters. The molecule has 1 amide bonds. The summed E-state index contributed by atoms with van der Waals surface area (Å²) in [6.45, 7) is 18.4. The van der Waals surface area contributed by atoms with Gasteiger partial charge in [0.25, 0.3) is 0 Å². The maximum Gasteiger partial charge on any atom is 0.509 e. The van der Waals surface area contributed by atoms with Gasteiger partial charge in [0.15, 0.2) is 42.5 Å². The summed E-state index contributed by atoms with van der Waals surface area (Å²) in [5, 5.41) is 11.9. The summed E-state index contributed by atoms with van der Waals surface area (Å²) in [5.41, 5.74) is -9.73. The van der Waals surface area contributed by atoms with Crippen molar-refractivity contribution >= 4 is 47.9 Å². The van der Waals surface area contributed by atoms with E-state index in [2.05, 4.69) is 0 Å². The first-order valence-electron chi connectivity index (χ1n) is 25.6. The van der Waals surface area contributed by atoms with Crippen LogP contribution in [0.15, 0.2) is 59.7 Å². The first-order valence-corrected chi connectivity index (χ1v) is 25.6. The molecule has 0 aromatic heterocycles. The molecule has 1 unspecified atom stereocenters. The molecular weight excluding hydrogens is 1010 g/mol. The fourth-order valence-electron chi connectivity index (χ4n) is 12.7. The predicted molar refractivity (Wildman–Crippen MR) is 268 cm³/mol. The maximum atomic E-state index is 16.3. The average molecular weight is 1080 g/mol. The highest BCUT2D eigenvalue weighted by Gasteiger charge is 2.82. The van der Waals surface area contributed by atoms with Gasteiger partial charge in [-0.1, -0.05) is 52.8 Å². The number of aliphatic hydroxyl groups is 1. The Morgan fingerprint density at radius 1 is 0.870 bits per heavy atom. The zero-order valence-corrected chi connectivity index (χ0v) is 46.2. The molecule has 1 N–H and O–H groups in total.